The highest BCUT2D eigenvalue weighted by Gasteiger charge is 1.96. The molecule has 0 amide bonds. The number of hydrogen-bond acceptors (Lipinski definition) is 3. The molecular formula is C21H34O3. The van der Waals surface area contributed by atoms with Crippen molar-refractivity contribution in [3.05, 3.63) is 48.6 Å². The lowest BCUT2D eigenvalue weighted by Gasteiger charge is -1.96. The van der Waals surface area contributed by atoms with Gasteiger partial charge in [0.05, 0.1) is 13.2 Å². The number of rotatable bonds is 14. The van der Waals surface area contributed by atoms with Gasteiger partial charge in [-0.2, -0.15) is 0 Å². The number of hydrogen-bond donors (Lipinski definition) is 1. The Balaban J connectivity index is 3.64. The predicted octanol–water partition coefficient (Wildman–Crippen LogP) is 5.28. The van der Waals surface area contributed by atoms with Crippen LogP contribution in [0.15, 0.2) is 48.6 Å². The van der Waals surface area contributed by atoms with Crippen LogP contribution < -0.4 is 0 Å². The van der Waals surface area contributed by atoms with Crippen LogP contribution >= 0.6 is 0 Å². The topological polar surface area (TPSA) is 46.5 Å². The van der Waals surface area contributed by atoms with Crippen LogP contribution in [0.3, 0.4) is 0 Å². The van der Waals surface area contributed by atoms with E-state index in [0.29, 0.717) is 6.42 Å². The summed E-state index contributed by atoms with van der Waals surface area (Å²) in [5.74, 6) is -0.158. The molecule has 0 rings (SSSR count). The maximum atomic E-state index is 10.9. The molecule has 0 aliphatic rings. The first kappa shape index (κ1) is 22.4. The van der Waals surface area contributed by atoms with Gasteiger partial charge in [0.25, 0.3) is 0 Å². The van der Waals surface area contributed by atoms with Gasteiger partial charge in [-0.1, -0.05) is 68.4 Å². The molecule has 136 valence electrons. The van der Waals surface area contributed by atoms with Gasteiger partial charge in [0.2, 0.25) is 0 Å². The van der Waals surface area contributed by atoms with E-state index in [0.717, 1.165) is 32.1 Å². The Bertz CT molecular complexity index is 405. The molecule has 3 nitrogen and oxygen atoms in total. The number of ether oxygens (including phenoxy) is 1. The van der Waals surface area contributed by atoms with E-state index in [1.807, 2.05) is 24.3 Å². The summed E-state index contributed by atoms with van der Waals surface area (Å²) in [4.78, 5) is 10.9. The summed E-state index contributed by atoms with van der Waals surface area (Å²) in [6.45, 7) is 2.21. The molecule has 0 fully saturated rings. The van der Waals surface area contributed by atoms with Gasteiger partial charge in [-0.15, -0.1) is 0 Å². The average Bonchev–Trinajstić information content (AvgIpc) is 2.59. The Morgan fingerprint density at radius 3 is 2.04 bits per heavy atom. The smallest absolute Gasteiger partial charge is 0.305 e. The first-order chi connectivity index (χ1) is 11.7. The molecule has 1 N–H and O–H groups in total. The van der Waals surface area contributed by atoms with Crippen LogP contribution in [0, 0.1) is 0 Å². The van der Waals surface area contributed by atoms with E-state index in [4.69, 9.17) is 0 Å². The van der Waals surface area contributed by atoms with Crippen molar-refractivity contribution in [2.75, 3.05) is 7.11 Å². The number of methoxy groups -OCH3 is 1. The van der Waals surface area contributed by atoms with E-state index in [1.54, 1.807) is 6.08 Å². The fourth-order valence-corrected chi connectivity index (χ4v) is 2.06. The van der Waals surface area contributed by atoms with E-state index < -0.39 is 6.10 Å². The summed E-state index contributed by atoms with van der Waals surface area (Å²) in [6.07, 6.45) is 24.3. The van der Waals surface area contributed by atoms with Crippen molar-refractivity contribution in [3.8, 4) is 0 Å². The van der Waals surface area contributed by atoms with Gasteiger partial charge in [-0.05, 0) is 38.5 Å². The Hall–Kier alpha value is -1.61. The molecule has 3 heteroatoms. The van der Waals surface area contributed by atoms with Crippen LogP contribution in [0.25, 0.3) is 0 Å². The van der Waals surface area contributed by atoms with Crippen molar-refractivity contribution >= 4 is 5.97 Å². The van der Waals surface area contributed by atoms with Crippen LogP contribution in [0.1, 0.15) is 64.7 Å². The maximum absolute atomic E-state index is 10.9. The first-order valence-electron chi connectivity index (χ1n) is 9.08. The van der Waals surface area contributed by atoms with Gasteiger partial charge >= 0.3 is 5.97 Å². The van der Waals surface area contributed by atoms with E-state index >= 15 is 0 Å². The quantitative estimate of drug-likeness (QED) is 0.267. The molecule has 0 aromatic rings. The Labute approximate surface area is 147 Å². The third-order valence-corrected chi connectivity index (χ3v) is 3.50. The van der Waals surface area contributed by atoms with Crippen molar-refractivity contribution in [3.63, 3.8) is 0 Å². The Morgan fingerprint density at radius 2 is 1.50 bits per heavy atom. The van der Waals surface area contributed by atoms with Crippen LogP contribution in [0.5, 0.6) is 0 Å². The van der Waals surface area contributed by atoms with E-state index in [1.165, 1.54) is 26.4 Å². The molecule has 0 aliphatic carbocycles. The highest BCUT2D eigenvalue weighted by Crippen LogP contribution is 2.02. The second kappa shape index (κ2) is 17.7. The van der Waals surface area contributed by atoms with Crippen molar-refractivity contribution in [2.45, 2.75) is 70.8 Å². The van der Waals surface area contributed by atoms with Gasteiger partial charge in [0, 0.05) is 6.42 Å². The highest BCUT2D eigenvalue weighted by molar-refractivity contribution is 5.69. The molecule has 1 atom stereocenters. The molecule has 0 aromatic heterocycles. The van der Waals surface area contributed by atoms with Gasteiger partial charge in [-0.25, -0.2) is 0 Å². The van der Waals surface area contributed by atoms with Gasteiger partial charge in [0.1, 0.15) is 0 Å². The number of carbonyl (C=O) groups is 1. The SMILES string of the molecule is CCCCC/C=C\C/C=C\[C@@H](O)/C=C\C/C=C\CCCC(=O)OC. The van der Waals surface area contributed by atoms with Crippen molar-refractivity contribution in [1.82, 2.24) is 0 Å². The molecule has 0 heterocycles. The minimum Gasteiger partial charge on any atom is -0.469 e. The molecule has 0 saturated carbocycles. The summed E-state index contributed by atoms with van der Waals surface area (Å²) in [5.41, 5.74) is 0. The van der Waals surface area contributed by atoms with E-state index in [2.05, 4.69) is 29.9 Å². The van der Waals surface area contributed by atoms with Gasteiger partial charge < -0.3 is 9.84 Å². The van der Waals surface area contributed by atoms with Crippen LogP contribution in [-0.2, 0) is 9.53 Å². The monoisotopic (exact) mass is 334 g/mol. The zero-order valence-electron chi connectivity index (χ0n) is 15.3. The lowest BCUT2D eigenvalue weighted by Crippen LogP contribution is -1.98. The number of carbonyl (C=O) groups excluding carboxylic acids is 1. The second-order valence-corrected chi connectivity index (χ2v) is 5.73. The third kappa shape index (κ3) is 16.8. The minimum atomic E-state index is -0.522. The summed E-state index contributed by atoms with van der Waals surface area (Å²) in [5, 5.41) is 9.78. The Kier molecular flexibility index (Phi) is 16.5. The molecule has 24 heavy (non-hydrogen) atoms. The highest BCUT2D eigenvalue weighted by atomic mass is 16.5. The van der Waals surface area contributed by atoms with Crippen LogP contribution in [-0.4, -0.2) is 24.3 Å². The Morgan fingerprint density at radius 1 is 0.917 bits per heavy atom. The van der Waals surface area contributed by atoms with Crippen molar-refractivity contribution in [1.29, 1.82) is 0 Å². The van der Waals surface area contributed by atoms with Crippen LogP contribution in [0.2, 0.25) is 0 Å². The molecule has 0 radical (unpaired) electrons. The van der Waals surface area contributed by atoms with E-state index in [9.17, 15) is 9.90 Å². The van der Waals surface area contributed by atoms with Crippen LogP contribution in [0.4, 0.5) is 0 Å². The molecule has 0 spiro atoms. The normalized spacial score (nSPS) is 13.6. The largest absolute Gasteiger partial charge is 0.469 e. The first-order valence-corrected chi connectivity index (χ1v) is 9.08. The molecule has 0 aliphatic heterocycles. The molecular weight excluding hydrogens is 300 g/mol. The summed E-state index contributed by atoms with van der Waals surface area (Å²) >= 11 is 0. The number of esters is 1. The molecule has 0 bridgehead atoms. The number of unbranched alkanes of at least 4 members (excludes halogenated alkanes) is 4. The zero-order chi connectivity index (χ0) is 17.9. The fourth-order valence-electron chi connectivity index (χ4n) is 2.06. The molecule has 0 unspecified atom stereocenters. The predicted molar refractivity (Wildman–Crippen MR) is 102 cm³/mol. The average molecular weight is 335 g/mol. The fraction of sp³-hybridized carbons (Fsp3) is 0.571. The number of allylic oxidation sites excluding steroid dienone is 6. The standard InChI is InChI=1S/C21H34O3/c1-3-4-5-6-7-8-11-14-17-20(22)18-15-12-9-10-13-16-19-21(23)24-2/h7-10,14-15,17-18,20,22H,3-6,11-13,16,19H2,1-2H3/b8-7-,10-9-,17-14-,18-15-/t20-/m1/s1. The lowest BCUT2D eigenvalue weighted by atomic mass is 10.2. The number of aliphatic hydroxyl groups excluding tert-OH is 1. The zero-order valence-corrected chi connectivity index (χ0v) is 15.3. The summed E-state index contributed by atoms with van der Waals surface area (Å²) < 4.78 is 4.58. The lowest BCUT2D eigenvalue weighted by molar-refractivity contribution is -0.140. The third-order valence-electron chi connectivity index (χ3n) is 3.50. The maximum Gasteiger partial charge on any atom is 0.305 e. The molecule has 0 saturated heterocycles. The summed E-state index contributed by atoms with van der Waals surface area (Å²) in [7, 11) is 1.41. The van der Waals surface area contributed by atoms with Crippen molar-refractivity contribution < 1.29 is 14.6 Å². The van der Waals surface area contributed by atoms with E-state index in [-0.39, 0.29) is 5.97 Å². The second-order valence-electron chi connectivity index (χ2n) is 5.73. The molecule has 0 aromatic carbocycles. The van der Waals surface area contributed by atoms with Gasteiger partial charge in [0.15, 0.2) is 0 Å². The summed E-state index contributed by atoms with van der Waals surface area (Å²) in [6, 6.07) is 0. The van der Waals surface area contributed by atoms with Gasteiger partial charge in [-0.3, -0.25) is 4.79 Å². The minimum absolute atomic E-state index is 0.158. The number of aliphatic hydroxyl groups is 1. The van der Waals surface area contributed by atoms with Crippen molar-refractivity contribution in [2.24, 2.45) is 0 Å².